The Morgan fingerprint density at radius 1 is 1.12 bits per heavy atom. The molecule has 0 bridgehead atoms. The lowest BCUT2D eigenvalue weighted by Crippen LogP contribution is -2.34. The van der Waals surface area contributed by atoms with Gasteiger partial charge < -0.3 is 25.4 Å². The fourth-order valence-corrected chi connectivity index (χ4v) is 4.75. The molecule has 2 aliphatic heterocycles. The largest absolute Gasteiger partial charge is 0.487 e. The zero-order chi connectivity index (χ0) is 23.4. The van der Waals surface area contributed by atoms with Crippen LogP contribution in [0.2, 0.25) is 10.0 Å². The summed E-state index contributed by atoms with van der Waals surface area (Å²) >= 11 is 11.9. The van der Waals surface area contributed by atoms with E-state index in [2.05, 4.69) is 20.9 Å². The molecule has 1 aliphatic carbocycles. The number of urea groups is 1. The van der Waals surface area contributed by atoms with Crippen LogP contribution >= 0.6 is 23.2 Å². The highest BCUT2D eigenvalue weighted by Crippen LogP contribution is 2.54. The molecular weight excluding hydrogens is 479 g/mol. The monoisotopic (exact) mass is 496 g/mol. The predicted octanol–water partition coefficient (Wildman–Crippen LogP) is 5.11. The van der Waals surface area contributed by atoms with Crippen LogP contribution in [0.1, 0.15) is 23.5 Å². The maximum absolute atomic E-state index is 12.5. The van der Waals surface area contributed by atoms with Gasteiger partial charge in [-0.15, -0.1) is 0 Å². The summed E-state index contributed by atoms with van der Waals surface area (Å²) in [7, 11) is 0. The minimum absolute atomic E-state index is 0.0451. The van der Waals surface area contributed by atoms with Crippen LogP contribution in [0.15, 0.2) is 48.7 Å². The van der Waals surface area contributed by atoms with Crippen LogP contribution in [-0.2, 0) is 11.2 Å². The van der Waals surface area contributed by atoms with E-state index in [0.29, 0.717) is 45.9 Å². The van der Waals surface area contributed by atoms with Gasteiger partial charge in [-0.25, -0.2) is 9.78 Å². The van der Waals surface area contributed by atoms with E-state index in [0.717, 1.165) is 16.9 Å². The number of fused-ring (bicyclic) bond motifs is 4. The number of amides is 3. The normalized spacial score (nSPS) is 21.4. The Morgan fingerprint density at radius 3 is 2.85 bits per heavy atom. The van der Waals surface area contributed by atoms with E-state index in [1.54, 1.807) is 30.5 Å². The van der Waals surface area contributed by atoms with Gasteiger partial charge in [0.15, 0.2) is 0 Å². The second-order valence-electron chi connectivity index (χ2n) is 8.35. The first kappa shape index (κ1) is 21.1. The first-order chi connectivity index (χ1) is 16.5. The van der Waals surface area contributed by atoms with Crippen molar-refractivity contribution in [3.63, 3.8) is 0 Å². The number of carbonyl (C=O) groups is 2. The van der Waals surface area contributed by atoms with Gasteiger partial charge in [0.2, 0.25) is 5.91 Å². The Morgan fingerprint density at radius 2 is 2.00 bits per heavy atom. The summed E-state index contributed by atoms with van der Waals surface area (Å²) in [6.07, 6.45) is 2.46. The number of pyridine rings is 1. The van der Waals surface area contributed by atoms with Crippen molar-refractivity contribution in [3.05, 3.63) is 69.8 Å². The van der Waals surface area contributed by atoms with Crippen molar-refractivity contribution in [2.45, 2.75) is 30.9 Å². The Bertz CT molecular complexity index is 1350. The van der Waals surface area contributed by atoms with Crippen LogP contribution in [0.5, 0.6) is 17.2 Å². The highest BCUT2D eigenvalue weighted by atomic mass is 35.5. The molecule has 10 heteroatoms. The maximum Gasteiger partial charge on any atom is 0.319 e. The van der Waals surface area contributed by atoms with E-state index in [-0.39, 0.29) is 30.0 Å². The molecule has 3 heterocycles. The predicted molar refractivity (Wildman–Crippen MR) is 127 cm³/mol. The van der Waals surface area contributed by atoms with E-state index in [4.69, 9.17) is 32.7 Å². The van der Waals surface area contributed by atoms with Gasteiger partial charge >= 0.3 is 6.03 Å². The number of halogens is 2. The average Bonchev–Trinajstić information content (AvgIpc) is 3.32. The quantitative estimate of drug-likeness (QED) is 0.465. The summed E-state index contributed by atoms with van der Waals surface area (Å²) in [5.74, 6) is 2.63. The summed E-state index contributed by atoms with van der Waals surface area (Å²) in [6, 6.07) is 11.9. The van der Waals surface area contributed by atoms with Crippen molar-refractivity contribution in [3.8, 4) is 17.2 Å². The molecule has 3 amide bonds. The van der Waals surface area contributed by atoms with Crippen LogP contribution in [0.4, 0.5) is 16.3 Å². The standard InChI is InChI=1S/C24H18Cl2N4O4/c25-15-4-1-11(9-16(15)26)28-24(32)30-21-20-14-10-12(2-5-17(14)34-22(20)21)33-18-7-8-27-23-13(18)3-6-19(31)29-23/h1-2,4-5,7-10,20-22H,3,6H2,(H,27,29,31)(H2,28,30,32)/t20-,21+,22-/m0/s1. The molecule has 3 atom stereocenters. The lowest BCUT2D eigenvalue weighted by molar-refractivity contribution is -0.116. The van der Waals surface area contributed by atoms with Crippen molar-refractivity contribution in [2.24, 2.45) is 0 Å². The summed E-state index contributed by atoms with van der Waals surface area (Å²) in [5, 5.41) is 9.28. The van der Waals surface area contributed by atoms with Crippen molar-refractivity contribution in [1.82, 2.24) is 10.3 Å². The number of hydrogen-bond acceptors (Lipinski definition) is 5. The molecule has 2 aromatic carbocycles. The van der Waals surface area contributed by atoms with E-state index >= 15 is 0 Å². The highest BCUT2D eigenvalue weighted by Gasteiger charge is 2.59. The molecule has 34 heavy (non-hydrogen) atoms. The van der Waals surface area contributed by atoms with Gasteiger partial charge in [-0.1, -0.05) is 23.2 Å². The molecule has 3 aromatic rings. The molecule has 0 spiro atoms. The van der Waals surface area contributed by atoms with Gasteiger partial charge in [-0.05, 0) is 48.9 Å². The number of carbonyl (C=O) groups excluding carboxylic acids is 2. The Kier molecular flexibility index (Phi) is 5.00. The Labute approximate surface area is 204 Å². The molecule has 0 radical (unpaired) electrons. The molecule has 8 nitrogen and oxygen atoms in total. The molecule has 172 valence electrons. The molecule has 0 saturated heterocycles. The second-order valence-corrected chi connectivity index (χ2v) is 9.16. The molecule has 6 rings (SSSR count). The molecule has 1 fully saturated rings. The van der Waals surface area contributed by atoms with Crippen LogP contribution < -0.4 is 25.4 Å². The van der Waals surface area contributed by atoms with Gasteiger partial charge in [-0.2, -0.15) is 0 Å². The molecule has 3 aliphatic rings. The van der Waals surface area contributed by atoms with Crippen LogP contribution in [0.25, 0.3) is 0 Å². The van der Waals surface area contributed by atoms with Crippen molar-refractivity contribution in [2.75, 3.05) is 10.6 Å². The fraction of sp³-hybridized carbons (Fsp3) is 0.208. The zero-order valence-corrected chi connectivity index (χ0v) is 19.1. The molecule has 0 unspecified atom stereocenters. The summed E-state index contributed by atoms with van der Waals surface area (Å²) in [6.45, 7) is 0. The summed E-state index contributed by atoms with van der Waals surface area (Å²) in [4.78, 5) is 28.3. The number of aromatic nitrogens is 1. The number of ether oxygens (including phenoxy) is 2. The average molecular weight is 497 g/mol. The number of nitrogens with zero attached hydrogens (tertiary/aromatic N) is 1. The number of anilines is 2. The zero-order valence-electron chi connectivity index (χ0n) is 17.6. The molecule has 1 aromatic heterocycles. The van der Waals surface area contributed by atoms with Crippen molar-refractivity contribution < 1.29 is 19.1 Å². The van der Waals surface area contributed by atoms with Gasteiger partial charge in [0.05, 0.1) is 22.0 Å². The number of hydrogen-bond donors (Lipinski definition) is 3. The lowest BCUT2D eigenvalue weighted by atomic mass is 10.1. The molecule has 3 N–H and O–H groups in total. The van der Waals surface area contributed by atoms with Gasteiger partial charge in [0, 0.05) is 29.4 Å². The number of benzene rings is 2. The maximum atomic E-state index is 12.5. The van der Waals surface area contributed by atoms with Gasteiger partial charge in [0.25, 0.3) is 0 Å². The fourth-order valence-electron chi connectivity index (χ4n) is 4.45. The van der Waals surface area contributed by atoms with Crippen molar-refractivity contribution >= 4 is 46.6 Å². The molecule has 1 saturated carbocycles. The van der Waals surface area contributed by atoms with Crippen LogP contribution in [0, 0.1) is 0 Å². The van der Waals surface area contributed by atoms with Crippen molar-refractivity contribution in [1.29, 1.82) is 0 Å². The summed E-state index contributed by atoms with van der Waals surface area (Å²) in [5.41, 5.74) is 2.41. The topological polar surface area (TPSA) is 102 Å². The smallest absolute Gasteiger partial charge is 0.319 e. The second kappa shape index (κ2) is 8.07. The van der Waals surface area contributed by atoms with E-state index in [9.17, 15) is 9.59 Å². The Balaban J connectivity index is 1.14. The Hall–Kier alpha value is -3.49. The minimum Gasteiger partial charge on any atom is -0.487 e. The highest BCUT2D eigenvalue weighted by molar-refractivity contribution is 6.42. The van der Waals surface area contributed by atoms with Crippen LogP contribution in [0.3, 0.4) is 0 Å². The van der Waals surface area contributed by atoms with E-state index in [1.165, 1.54) is 0 Å². The first-order valence-corrected chi connectivity index (χ1v) is 11.5. The molecular formula is C24H18Cl2N4O4. The number of nitrogens with one attached hydrogen (secondary N) is 3. The third-order valence-electron chi connectivity index (χ3n) is 6.13. The SMILES string of the molecule is O=C1CCc2c(Oc3ccc4c(c3)[C@H]3[C@@H](NC(=O)Nc5ccc(Cl)c(Cl)c5)[C@H]3O4)ccnc2N1. The summed E-state index contributed by atoms with van der Waals surface area (Å²) < 4.78 is 12.1. The van der Waals surface area contributed by atoms with Gasteiger partial charge in [-0.3, -0.25) is 4.79 Å². The van der Waals surface area contributed by atoms with Gasteiger partial charge in [0.1, 0.15) is 29.2 Å². The van der Waals surface area contributed by atoms with Crippen LogP contribution in [-0.4, -0.2) is 29.1 Å². The lowest BCUT2D eigenvalue weighted by Gasteiger charge is -2.19. The third kappa shape index (κ3) is 3.78. The van der Waals surface area contributed by atoms with E-state index < -0.39 is 0 Å². The third-order valence-corrected chi connectivity index (χ3v) is 6.87. The first-order valence-electron chi connectivity index (χ1n) is 10.7. The van der Waals surface area contributed by atoms with E-state index in [1.807, 2.05) is 18.2 Å². The number of rotatable bonds is 4. The minimum atomic E-state index is -0.346.